The predicted molar refractivity (Wildman–Crippen MR) is 106 cm³/mol. The summed E-state index contributed by atoms with van der Waals surface area (Å²) in [5.41, 5.74) is 6.26. The van der Waals surface area contributed by atoms with E-state index in [-0.39, 0.29) is 5.91 Å². The summed E-state index contributed by atoms with van der Waals surface area (Å²) < 4.78 is 1.59. The molecule has 0 bridgehead atoms. The van der Waals surface area contributed by atoms with E-state index in [1.807, 2.05) is 59.5 Å². The first-order valence-electron chi connectivity index (χ1n) is 9.09. The number of para-hydroxylation sites is 1. The van der Waals surface area contributed by atoms with Gasteiger partial charge in [0.25, 0.3) is 0 Å². The smallest absolute Gasteiger partial charge is 0.231 e. The molecule has 0 spiro atoms. The van der Waals surface area contributed by atoms with Crippen LogP contribution in [0.4, 0.5) is 5.69 Å². The van der Waals surface area contributed by atoms with Crippen molar-refractivity contribution in [2.24, 2.45) is 0 Å². The summed E-state index contributed by atoms with van der Waals surface area (Å²) in [5.74, 6) is 0.0807. The minimum atomic E-state index is 0.0807. The zero-order chi connectivity index (χ0) is 18.9. The number of carbonyl (C=O) groups is 1. The van der Waals surface area contributed by atoms with Crippen molar-refractivity contribution < 1.29 is 4.79 Å². The second kappa shape index (κ2) is 6.74. The van der Waals surface area contributed by atoms with Crippen molar-refractivity contribution >= 4 is 11.6 Å². The first-order valence-corrected chi connectivity index (χ1v) is 9.09. The highest BCUT2D eigenvalue weighted by Crippen LogP contribution is 2.38. The van der Waals surface area contributed by atoms with Gasteiger partial charge in [0.2, 0.25) is 5.91 Å². The van der Waals surface area contributed by atoms with Gasteiger partial charge in [-0.25, -0.2) is 4.68 Å². The fourth-order valence-corrected chi connectivity index (χ4v) is 3.65. The highest BCUT2D eigenvalue weighted by molar-refractivity contribution is 6.01. The van der Waals surface area contributed by atoms with Gasteiger partial charge >= 0.3 is 0 Å². The van der Waals surface area contributed by atoms with Gasteiger partial charge in [0.15, 0.2) is 0 Å². The van der Waals surface area contributed by atoms with Crippen LogP contribution in [0, 0.1) is 0 Å². The monoisotopic (exact) mass is 367 g/mol. The van der Waals surface area contributed by atoms with Gasteiger partial charge in [-0.1, -0.05) is 54.6 Å². The molecule has 6 heteroatoms. The Bertz CT molecular complexity index is 1140. The van der Waals surface area contributed by atoms with E-state index in [4.69, 9.17) is 0 Å². The van der Waals surface area contributed by atoms with E-state index in [1.165, 1.54) is 11.1 Å². The lowest BCUT2D eigenvalue weighted by Gasteiger charge is -2.31. The topological polar surface area (TPSA) is 63.9 Å². The van der Waals surface area contributed by atoms with Gasteiger partial charge in [-0.05, 0) is 45.3 Å². The summed E-state index contributed by atoms with van der Waals surface area (Å²) >= 11 is 0. The molecule has 2 heterocycles. The van der Waals surface area contributed by atoms with Crippen LogP contribution >= 0.6 is 0 Å². The maximum absolute atomic E-state index is 13.1. The minimum absolute atomic E-state index is 0.0807. The molecule has 0 saturated carbocycles. The first kappa shape index (κ1) is 16.4. The van der Waals surface area contributed by atoms with Crippen molar-refractivity contribution in [1.29, 1.82) is 0 Å². The number of tetrazole rings is 1. The molecular weight excluding hydrogens is 350 g/mol. The number of aromatic nitrogens is 4. The summed E-state index contributed by atoms with van der Waals surface area (Å²) in [4.78, 5) is 15.0. The van der Waals surface area contributed by atoms with Crippen molar-refractivity contribution in [2.75, 3.05) is 4.90 Å². The molecule has 0 N–H and O–H groups in total. The second-order valence-electron chi connectivity index (χ2n) is 6.75. The SMILES string of the molecule is O=C(Cc1ccc(-n2cnnn2)cc1)N1Cc2ccccc2-c2ccccc21. The maximum atomic E-state index is 13.1. The van der Waals surface area contributed by atoms with Crippen LogP contribution in [-0.4, -0.2) is 26.1 Å². The number of hydrogen-bond acceptors (Lipinski definition) is 4. The largest absolute Gasteiger partial charge is 0.307 e. The Kier molecular flexibility index (Phi) is 3.94. The summed E-state index contributed by atoms with van der Waals surface area (Å²) in [6.45, 7) is 0.592. The summed E-state index contributed by atoms with van der Waals surface area (Å²) in [7, 11) is 0. The standard InChI is InChI=1S/C22H17N5O/c28-22(13-16-9-11-18(12-10-16)27-15-23-24-25-27)26-14-17-5-1-2-6-19(17)20-7-3-4-8-21(20)26/h1-12,15H,13-14H2. The van der Waals surface area contributed by atoms with Gasteiger partial charge in [-0.15, -0.1) is 5.10 Å². The normalized spacial score (nSPS) is 12.4. The van der Waals surface area contributed by atoms with Crippen LogP contribution < -0.4 is 4.90 Å². The van der Waals surface area contributed by atoms with Crippen LogP contribution in [-0.2, 0) is 17.8 Å². The molecule has 0 radical (unpaired) electrons. The molecule has 0 fully saturated rings. The van der Waals surface area contributed by atoms with Crippen LogP contribution in [0.5, 0.6) is 0 Å². The fraction of sp³-hybridized carbons (Fsp3) is 0.0909. The van der Waals surface area contributed by atoms with E-state index >= 15 is 0 Å². The Labute approximate surface area is 162 Å². The van der Waals surface area contributed by atoms with E-state index < -0.39 is 0 Å². The van der Waals surface area contributed by atoms with Gasteiger partial charge in [-0.3, -0.25) is 4.79 Å². The van der Waals surface area contributed by atoms with Crippen molar-refractivity contribution in [3.05, 3.63) is 90.3 Å². The van der Waals surface area contributed by atoms with Gasteiger partial charge in [-0.2, -0.15) is 0 Å². The Hall–Kier alpha value is -3.80. The quantitative estimate of drug-likeness (QED) is 0.557. The van der Waals surface area contributed by atoms with E-state index in [9.17, 15) is 4.79 Å². The van der Waals surface area contributed by atoms with Crippen molar-refractivity contribution in [1.82, 2.24) is 20.2 Å². The van der Waals surface area contributed by atoms with Crippen LogP contribution in [0.3, 0.4) is 0 Å². The van der Waals surface area contributed by atoms with Crippen molar-refractivity contribution in [3.63, 3.8) is 0 Å². The number of amides is 1. The first-order chi connectivity index (χ1) is 13.8. The molecule has 1 aliphatic heterocycles. The molecule has 1 aromatic heterocycles. The number of rotatable bonds is 3. The molecule has 0 aliphatic carbocycles. The summed E-state index contributed by atoms with van der Waals surface area (Å²) in [5, 5.41) is 11.2. The number of nitrogens with zero attached hydrogens (tertiary/aromatic N) is 5. The molecule has 0 atom stereocenters. The number of hydrogen-bond donors (Lipinski definition) is 0. The predicted octanol–water partition coefficient (Wildman–Crippen LogP) is 3.42. The Morgan fingerprint density at radius 1 is 0.893 bits per heavy atom. The summed E-state index contributed by atoms with van der Waals surface area (Å²) in [6.07, 6.45) is 1.88. The Balaban J connectivity index is 1.41. The maximum Gasteiger partial charge on any atom is 0.231 e. The van der Waals surface area contributed by atoms with E-state index in [0.29, 0.717) is 13.0 Å². The average molecular weight is 367 g/mol. The lowest BCUT2D eigenvalue weighted by atomic mass is 9.93. The third kappa shape index (κ3) is 2.85. The van der Waals surface area contributed by atoms with E-state index in [1.54, 1.807) is 11.0 Å². The molecular formula is C22H17N5O. The lowest BCUT2D eigenvalue weighted by molar-refractivity contribution is -0.118. The van der Waals surface area contributed by atoms with E-state index in [2.05, 4.69) is 33.7 Å². The Morgan fingerprint density at radius 2 is 1.64 bits per heavy atom. The molecule has 28 heavy (non-hydrogen) atoms. The van der Waals surface area contributed by atoms with Crippen molar-refractivity contribution in [3.8, 4) is 16.8 Å². The molecule has 0 unspecified atom stereocenters. The van der Waals surface area contributed by atoms with Gasteiger partial charge in [0, 0.05) is 5.56 Å². The van der Waals surface area contributed by atoms with E-state index in [0.717, 1.165) is 22.5 Å². The highest BCUT2D eigenvalue weighted by atomic mass is 16.2. The zero-order valence-corrected chi connectivity index (χ0v) is 15.1. The van der Waals surface area contributed by atoms with Gasteiger partial charge in [0.05, 0.1) is 24.3 Å². The lowest BCUT2D eigenvalue weighted by Crippen LogP contribution is -2.34. The second-order valence-corrected chi connectivity index (χ2v) is 6.75. The molecule has 136 valence electrons. The average Bonchev–Trinajstić information content (AvgIpc) is 3.28. The Morgan fingerprint density at radius 3 is 2.43 bits per heavy atom. The highest BCUT2D eigenvalue weighted by Gasteiger charge is 2.25. The molecule has 1 aliphatic rings. The number of carbonyl (C=O) groups excluding carboxylic acids is 1. The summed E-state index contributed by atoms with van der Waals surface area (Å²) in [6, 6.07) is 24.1. The molecule has 5 rings (SSSR count). The van der Waals surface area contributed by atoms with Crippen molar-refractivity contribution in [2.45, 2.75) is 13.0 Å². The number of fused-ring (bicyclic) bond motifs is 3. The number of benzene rings is 3. The van der Waals surface area contributed by atoms with Crippen LogP contribution in [0.1, 0.15) is 11.1 Å². The minimum Gasteiger partial charge on any atom is -0.307 e. The number of anilines is 1. The van der Waals surface area contributed by atoms with Crippen LogP contribution in [0.15, 0.2) is 79.1 Å². The third-order valence-electron chi connectivity index (χ3n) is 5.04. The molecule has 4 aromatic rings. The van der Waals surface area contributed by atoms with Crippen LogP contribution in [0.2, 0.25) is 0 Å². The van der Waals surface area contributed by atoms with Gasteiger partial charge in [0.1, 0.15) is 6.33 Å². The zero-order valence-electron chi connectivity index (χ0n) is 15.1. The fourth-order valence-electron chi connectivity index (χ4n) is 3.65. The third-order valence-corrected chi connectivity index (χ3v) is 5.04. The molecule has 3 aromatic carbocycles. The van der Waals surface area contributed by atoms with Crippen LogP contribution in [0.25, 0.3) is 16.8 Å². The van der Waals surface area contributed by atoms with Gasteiger partial charge < -0.3 is 4.90 Å². The molecule has 1 amide bonds. The molecule has 0 saturated heterocycles. The molecule has 6 nitrogen and oxygen atoms in total.